The number of nitrogens with one attached hydrogen (secondary N) is 1. The first-order valence-corrected chi connectivity index (χ1v) is 7.75. The summed E-state index contributed by atoms with van der Waals surface area (Å²) in [6.07, 6.45) is 1.93. The minimum Gasteiger partial charge on any atom is -0.506 e. The van der Waals surface area contributed by atoms with Crippen LogP contribution in [0.2, 0.25) is 0 Å². The second-order valence-electron chi connectivity index (χ2n) is 5.82. The zero-order valence-corrected chi connectivity index (χ0v) is 13.3. The molecule has 3 rings (SSSR count). The fourth-order valence-electron chi connectivity index (χ4n) is 2.78. The number of fused-ring (bicyclic) bond motifs is 1. The number of piperidine rings is 1. The summed E-state index contributed by atoms with van der Waals surface area (Å²) in [5.41, 5.74) is 0.928. The van der Waals surface area contributed by atoms with Crippen LogP contribution in [0.3, 0.4) is 0 Å². The summed E-state index contributed by atoms with van der Waals surface area (Å²) in [6.45, 7) is 5.17. The number of aryl methyl sites for hydroxylation is 1. The largest absolute Gasteiger partial charge is 0.506 e. The van der Waals surface area contributed by atoms with E-state index < -0.39 is 5.63 Å². The first-order chi connectivity index (χ1) is 11.1. The molecule has 1 aliphatic rings. The fourth-order valence-corrected chi connectivity index (χ4v) is 2.78. The van der Waals surface area contributed by atoms with E-state index >= 15 is 0 Å². The molecule has 1 saturated heterocycles. The molecule has 1 unspecified atom stereocenters. The van der Waals surface area contributed by atoms with Crippen molar-refractivity contribution in [3.05, 3.63) is 39.7 Å². The van der Waals surface area contributed by atoms with Gasteiger partial charge in [-0.15, -0.1) is 0 Å². The Labute approximate surface area is 133 Å². The maximum Gasteiger partial charge on any atom is 0.349 e. The second-order valence-corrected chi connectivity index (χ2v) is 5.82. The quantitative estimate of drug-likeness (QED) is 0.516. The van der Waals surface area contributed by atoms with Gasteiger partial charge in [-0.3, -0.25) is 0 Å². The number of benzene rings is 1. The molecular weight excluding hydrogens is 296 g/mol. The lowest BCUT2D eigenvalue weighted by atomic mass is 10.1. The second kappa shape index (κ2) is 6.42. The van der Waals surface area contributed by atoms with Gasteiger partial charge < -0.3 is 19.7 Å². The number of rotatable bonds is 3. The Morgan fingerprint density at radius 2 is 2.30 bits per heavy atom. The molecule has 6 heteroatoms. The highest BCUT2D eigenvalue weighted by molar-refractivity contribution is 6.04. The van der Waals surface area contributed by atoms with E-state index in [1.165, 1.54) is 0 Å². The predicted molar refractivity (Wildman–Crippen MR) is 88.1 cm³/mol. The summed E-state index contributed by atoms with van der Waals surface area (Å²) in [5.74, 6) is -0.119. The lowest BCUT2D eigenvalue weighted by molar-refractivity contribution is 0.0418. The van der Waals surface area contributed by atoms with Gasteiger partial charge in [-0.1, -0.05) is 17.3 Å². The van der Waals surface area contributed by atoms with E-state index in [0.29, 0.717) is 16.7 Å². The van der Waals surface area contributed by atoms with Gasteiger partial charge in [0, 0.05) is 6.54 Å². The number of hydrogen-bond acceptors (Lipinski definition) is 6. The molecule has 2 N–H and O–H groups in total. The van der Waals surface area contributed by atoms with Crippen molar-refractivity contribution < 1.29 is 14.4 Å². The van der Waals surface area contributed by atoms with Crippen molar-refractivity contribution in [2.24, 2.45) is 5.16 Å². The van der Waals surface area contributed by atoms with Crippen LogP contribution in [0.25, 0.3) is 11.0 Å². The Morgan fingerprint density at radius 1 is 1.48 bits per heavy atom. The number of nitrogens with zero attached hydrogens (tertiary/aromatic N) is 1. The number of hydrogen-bond donors (Lipinski definition) is 2. The molecule has 0 radical (unpaired) electrons. The van der Waals surface area contributed by atoms with Crippen LogP contribution >= 0.6 is 0 Å². The van der Waals surface area contributed by atoms with Crippen LogP contribution in [-0.4, -0.2) is 30.0 Å². The maximum atomic E-state index is 12.2. The molecule has 1 aliphatic heterocycles. The van der Waals surface area contributed by atoms with Gasteiger partial charge in [0.1, 0.15) is 23.0 Å². The van der Waals surface area contributed by atoms with Crippen molar-refractivity contribution in [3.8, 4) is 5.75 Å². The Kier molecular flexibility index (Phi) is 4.34. The molecule has 2 aromatic rings. The molecular formula is C17H20N2O4. The minimum absolute atomic E-state index is 0.0180. The molecule has 0 aliphatic carbocycles. The van der Waals surface area contributed by atoms with E-state index in [4.69, 9.17) is 9.25 Å². The van der Waals surface area contributed by atoms with Crippen LogP contribution in [0.1, 0.15) is 30.9 Å². The summed E-state index contributed by atoms with van der Waals surface area (Å²) in [6, 6.07) is 5.34. The summed E-state index contributed by atoms with van der Waals surface area (Å²) >= 11 is 0. The lowest BCUT2D eigenvalue weighted by Crippen LogP contribution is -2.34. The van der Waals surface area contributed by atoms with Gasteiger partial charge in [0.05, 0.1) is 11.1 Å². The molecule has 0 spiro atoms. The Morgan fingerprint density at radius 3 is 3.04 bits per heavy atom. The highest BCUT2D eigenvalue weighted by Crippen LogP contribution is 2.28. The van der Waals surface area contributed by atoms with Gasteiger partial charge in [0.2, 0.25) is 0 Å². The molecule has 1 aromatic carbocycles. The molecule has 2 heterocycles. The molecule has 0 amide bonds. The molecule has 0 saturated carbocycles. The van der Waals surface area contributed by atoms with Gasteiger partial charge in [-0.2, -0.15) is 0 Å². The first-order valence-electron chi connectivity index (χ1n) is 7.75. The van der Waals surface area contributed by atoms with E-state index in [2.05, 4.69) is 10.5 Å². The Bertz CT molecular complexity index is 804. The monoisotopic (exact) mass is 316 g/mol. The van der Waals surface area contributed by atoms with Crippen molar-refractivity contribution in [1.29, 1.82) is 0 Å². The third-order valence-electron chi connectivity index (χ3n) is 4.05. The van der Waals surface area contributed by atoms with Gasteiger partial charge in [0.15, 0.2) is 0 Å². The van der Waals surface area contributed by atoms with Gasteiger partial charge >= 0.3 is 5.63 Å². The number of para-hydroxylation sites is 1. The van der Waals surface area contributed by atoms with Crippen LogP contribution in [0.4, 0.5) is 0 Å². The normalized spacial score (nSPS) is 19.0. The highest BCUT2D eigenvalue weighted by atomic mass is 16.6. The molecule has 0 bridgehead atoms. The fraction of sp³-hybridized carbons (Fsp3) is 0.412. The average molecular weight is 316 g/mol. The summed E-state index contributed by atoms with van der Waals surface area (Å²) in [7, 11) is 0. The number of oxime groups is 1. The summed E-state index contributed by atoms with van der Waals surface area (Å²) < 4.78 is 5.35. The van der Waals surface area contributed by atoms with Gasteiger partial charge in [-0.05, 0) is 44.9 Å². The van der Waals surface area contributed by atoms with Crippen molar-refractivity contribution in [3.63, 3.8) is 0 Å². The van der Waals surface area contributed by atoms with Gasteiger partial charge in [0.25, 0.3) is 0 Å². The number of aromatic hydroxyl groups is 1. The van der Waals surface area contributed by atoms with Crippen LogP contribution in [-0.2, 0) is 4.84 Å². The highest BCUT2D eigenvalue weighted by Gasteiger charge is 2.19. The zero-order chi connectivity index (χ0) is 16.4. The Hall–Kier alpha value is -2.34. The molecule has 122 valence electrons. The SMILES string of the molecule is CC(=NOC1CCCNC1)c1c(O)c2cccc(C)c2oc1=O. The van der Waals surface area contributed by atoms with Crippen molar-refractivity contribution in [1.82, 2.24) is 5.32 Å². The van der Waals surface area contributed by atoms with Gasteiger partial charge in [-0.25, -0.2) is 4.79 Å². The molecule has 1 fully saturated rings. The minimum atomic E-state index is -0.615. The average Bonchev–Trinajstić information content (AvgIpc) is 2.55. The zero-order valence-electron chi connectivity index (χ0n) is 13.3. The molecule has 23 heavy (non-hydrogen) atoms. The van der Waals surface area contributed by atoms with E-state index in [-0.39, 0.29) is 17.4 Å². The smallest absolute Gasteiger partial charge is 0.349 e. The topological polar surface area (TPSA) is 84.1 Å². The van der Waals surface area contributed by atoms with Crippen LogP contribution in [0.15, 0.2) is 32.6 Å². The predicted octanol–water partition coefficient (Wildman–Crippen LogP) is 2.30. The third kappa shape index (κ3) is 3.07. The third-order valence-corrected chi connectivity index (χ3v) is 4.05. The van der Waals surface area contributed by atoms with Crippen molar-refractivity contribution in [2.45, 2.75) is 32.8 Å². The van der Waals surface area contributed by atoms with E-state index in [0.717, 1.165) is 31.5 Å². The van der Waals surface area contributed by atoms with E-state index in [1.54, 1.807) is 19.1 Å². The summed E-state index contributed by atoms with van der Waals surface area (Å²) in [4.78, 5) is 17.7. The molecule has 1 atom stereocenters. The first kappa shape index (κ1) is 15.6. The van der Waals surface area contributed by atoms with Crippen LogP contribution in [0, 0.1) is 6.92 Å². The van der Waals surface area contributed by atoms with Crippen LogP contribution < -0.4 is 10.9 Å². The standard InChI is InChI=1S/C17H20N2O4/c1-10-5-3-7-13-15(20)14(17(21)22-16(10)13)11(2)19-23-12-6-4-8-18-9-12/h3,5,7,12,18,20H,4,6,8-9H2,1-2H3. The van der Waals surface area contributed by atoms with E-state index in [1.807, 2.05) is 13.0 Å². The molecule has 1 aromatic heterocycles. The van der Waals surface area contributed by atoms with E-state index in [9.17, 15) is 9.90 Å². The summed E-state index contributed by atoms with van der Waals surface area (Å²) in [5, 5.41) is 18.2. The molecule has 6 nitrogen and oxygen atoms in total. The Balaban J connectivity index is 1.96. The van der Waals surface area contributed by atoms with Crippen molar-refractivity contribution >= 4 is 16.7 Å². The van der Waals surface area contributed by atoms with Crippen molar-refractivity contribution in [2.75, 3.05) is 13.1 Å². The maximum absolute atomic E-state index is 12.2. The van der Waals surface area contributed by atoms with Crippen LogP contribution in [0.5, 0.6) is 5.75 Å². The lowest BCUT2D eigenvalue weighted by Gasteiger charge is -2.20.